The monoisotopic (exact) mass is 422 g/mol. The molecule has 2 aromatic carbocycles. The van der Waals surface area contributed by atoms with E-state index in [9.17, 15) is 4.79 Å². The van der Waals surface area contributed by atoms with Crippen molar-refractivity contribution in [1.82, 2.24) is 4.90 Å². The topological polar surface area (TPSA) is 48.3 Å². The minimum Gasteiger partial charge on any atom is -0.272 e. The standard InChI is InChI=1S/C22H19ClN4OS/c1-14-20-25-21(26-9-11-29-12-10-26)22(28)27(20)18-8-7-16(23)13-17(18)19(24-14)15-5-3-2-4-6-15/h2-8,13,21H,1,9-12H2. The Kier molecular flexibility index (Phi) is 4.78. The fraction of sp³-hybridized carbons (Fsp3) is 0.227. The maximum atomic E-state index is 13.5. The van der Waals surface area contributed by atoms with Crippen LogP contribution in [0.3, 0.4) is 0 Å². The second kappa shape index (κ2) is 7.44. The number of amides is 1. The third-order valence-corrected chi connectivity index (χ3v) is 6.47. The fourth-order valence-electron chi connectivity index (χ4n) is 3.90. The molecule has 0 N–H and O–H groups in total. The molecule has 146 valence electrons. The number of hydrogen-bond donors (Lipinski definition) is 0. The Morgan fingerprint density at radius 2 is 1.86 bits per heavy atom. The lowest BCUT2D eigenvalue weighted by Gasteiger charge is -2.29. The largest absolute Gasteiger partial charge is 0.272 e. The lowest BCUT2D eigenvalue weighted by Crippen LogP contribution is -2.47. The van der Waals surface area contributed by atoms with Crippen molar-refractivity contribution in [2.24, 2.45) is 9.98 Å². The minimum absolute atomic E-state index is 0.0545. The summed E-state index contributed by atoms with van der Waals surface area (Å²) in [6, 6.07) is 15.4. The van der Waals surface area contributed by atoms with Gasteiger partial charge in [-0.2, -0.15) is 11.8 Å². The predicted octanol–water partition coefficient (Wildman–Crippen LogP) is 3.82. The van der Waals surface area contributed by atoms with Crippen LogP contribution < -0.4 is 4.90 Å². The lowest BCUT2D eigenvalue weighted by molar-refractivity contribution is -0.121. The van der Waals surface area contributed by atoms with Crippen molar-refractivity contribution in [1.29, 1.82) is 0 Å². The van der Waals surface area contributed by atoms with Crippen LogP contribution in [0.1, 0.15) is 11.1 Å². The molecule has 2 aromatic rings. The number of carbonyl (C=O) groups is 1. The van der Waals surface area contributed by atoms with Crippen LogP contribution in [0.4, 0.5) is 5.69 Å². The van der Waals surface area contributed by atoms with E-state index in [1.165, 1.54) is 0 Å². The molecule has 0 radical (unpaired) electrons. The van der Waals surface area contributed by atoms with Crippen LogP contribution in [0.25, 0.3) is 0 Å². The number of anilines is 1. The first-order valence-electron chi connectivity index (χ1n) is 9.50. The predicted molar refractivity (Wildman–Crippen MR) is 120 cm³/mol. The lowest BCUT2D eigenvalue weighted by atomic mass is 10.00. The minimum atomic E-state index is -0.514. The highest BCUT2D eigenvalue weighted by atomic mass is 35.5. The average Bonchev–Trinajstić information content (AvgIpc) is 3.04. The molecule has 0 saturated carbocycles. The van der Waals surface area contributed by atoms with Crippen molar-refractivity contribution >= 4 is 46.5 Å². The molecule has 3 aliphatic rings. The van der Waals surface area contributed by atoms with E-state index in [1.807, 2.05) is 54.2 Å². The van der Waals surface area contributed by atoms with E-state index in [-0.39, 0.29) is 5.91 Å². The first kappa shape index (κ1) is 18.6. The molecule has 1 fully saturated rings. The molecule has 3 aliphatic heterocycles. The van der Waals surface area contributed by atoms with Gasteiger partial charge in [0.2, 0.25) is 0 Å². The molecule has 3 heterocycles. The number of rotatable bonds is 2. The number of benzene rings is 2. The van der Waals surface area contributed by atoms with E-state index in [4.69, 9.17) is 21.6 Å². The summed E-state index contributed by atoms with van der Waals surface area (Å²) in [6.45, 7) is 5.85. The molecule has 1 amide bonds. The first-order valence-corrected chi connectivity index (χ1v) is 11.0. The highest BCUT2D eigenvalue weighted by Crippen LogP contribution is 2.35. The first-order chi connectivity index (χ1) is 14.1. The zero-order chi connectivity index (χ0) is 20.0. The SMILES string of the molecule is C=C1N=C(c2ccccc2)c2cc(Cl)ccc2N2C(=O)C(N3CCSCC3)N=C12. The molecule has 0 bridgehead atoms. The van der Waals surface area contributed by atoms with Crippen LogP contribution in [0.5, 0.6) is 0 Å². The van der Waals surface area contributed by atoms with Crippen LogP contribution in [0.15, 0.2) is 70.8 Å². The van der Waals surface area contributed by atoms with Crippen LogP contribution >= 0.6 is 23.4 Å². The number of thioether (sulfide) groups is 1. The summed E-state index contributed by atoms with van der Waals surface area (Å²) in [5.74, 6) is 2.49. The Morgan fingerprint density at radius 1 is 1.10 bits per heavy atom. The Morgan fingerprint density at radius 3 is 2.62 bits per heavy atom. The maximum absolute atomic E-state index is 13.5. The molecule has 0 aromatic heterocycles. The van der Waals surface area contributed by atoms with Gasteiger partial charge in [-0.3, -0.25) is 14.6 Å². The summed E-state index contributed by atoms with van der Waals surface area (Å²) in [6.07, 6.45) is -0.514. The molecular weight excluding hydrogens is 404 g/mol. The quantitative estimate of drug-likeness (QED) is 0.739. The van der Waals surface area contributed by atoms with Gasteiger partial charge in [0.05, 0.1) is 17.1 Å². The summed E-state index contributed by atoms with van der Waals surface area (Å²) < 4.78 is 0. The van der Waals surface area contributed by atoms with Gasteiger partial charge < -0.3 is 0 Å². The van der Waals surface area contributed by atoms with Gasteiger partial charge in [0.25, 0.3) is 5.91 Å². The number of nitrogens with zero attached hydrogens (tertiary/aromatic N) is 4. The molecule has 1 unspecified atom stereocenters. The summed E-state index contributed by atoms with van der Waals surface area (Å²) in [5.41, 5.74) is 3.71. The number of fused-ring (bicyclic) bond motifs is 3. The van der Waals surface area contributed by atoms with Crippen molar-refractivity contribution < 1.29 is 4.79 Å². The van der Waals surface area contributed by atoms with E-state index < -0.39 is 6.17 Å². The Labute approximate surface area is 178 Å². The molecule has 5 rings (SSSR count). The van der Waals surface area contributed by atoms with Gasteiger partial charge in [0, 0.05) is 40.7 Å². The zero-order valence-corrected chi connectivity index (χ0v) is 17.3. The Bertz CT molecular complexity index is 1060. The average molecular weight is 423 g/mol. The van der Waals surface area contributed by atoms with Crippen molar-refractivity contribution in [2.45, 2.75) is 6.17 Å². The van der Waals surface area contributed by atoms with E-state index >= 15 is 0 Å². The molecule has 1 atom stereocenters. The summed E-state index contributed by atoms with van der Waals surface area (Å²) >= 11 is 8.23. The van der Waals surface area contributed by atoms with Gasteiger partial charge >= 0.3 is 0 Å². The second-order valence-electron chi connectivity index (χ2n) is 7.08. The second-order valence-corrected chi connectivity index (χ2v) is 8.74. The van der Waals surface area contributed by atoms with Gasteiger partial charge in [-0.05, 0) is 18.2 Å². The number of halogens is 1. The molecule has 7 heteroatoms. The van der Waals surface area contributed by atoms with Gasteiger partial charge in [-0.25, -0.2) is 9.98 Å². The van der Waals surface area contributed by atoms with E-state index in [2.05, 4.69) is 11.5 Å². The van der Waals surface area contributed by atoms with E-state index in [0.717, 1.165) is 47.1 Å². The van der Waals surface area contributed by atoms with Gasteiger partial charge in [0.15, 0.2) is 12.0 Å². The zero-order valence-electron chi connectivity index (χ0n) is 15.7. The Balaban J connectivity index is 1.66. The van der Waals surface area contributed by atoms with Gasteiger partial charge in [-0.15, -0.1) is 0 Å². The summed E-state index contributed by atoms with van der Waals surface area (Å²) in [4.78, 5) is 26.9. The number of amidine groups is 1. The smallest absolute Gasteiger partial charge is 0.272 e. The summed E-state index contributed by atoms with van der Waals surface area (Å²) in [7, 11) is 0. The van der Waals surface area contributed by atoms with Gasteiger partial charge in [-0.1, -0.05) is 48.5 Å². The summed E-state index contributed by atoms with van der Waals surface area (Å²) in [5, 5.41) is 0.592. The van der Waals surface area contributed by atoms with Crippen LogP contribution in [-0.2, 0) is 4.79 Å². The van der Waals surface area contributed by atoms with Gasteiger partial charge in [0.1, 0.15) is 0 Å². The number of aliphatic imine (C=N–C) groups is 2. The normalized spacial score (nSPS) is 22.0. The third-order valence-electron chi connectivity index (χ3n) is 5.30. The Hall–Kier alpha value is -2.41. The molecule has 0 aliphatic carbocycles. The molecule has 29 heavy (non-hydrogen) atoms. The van der Waals surface area contributed by atoms with Crippen LogP contribution in [0.2, 0.25) is 5.02 Å². The third kappa shape index (κ3) is 3.21. The van der Waals surface area contributed by atoms with E-state index in [0.29, 0.717) is 16.6 Å². The highest BCUT2D eigenvalue weighted by molar-refractivity contribution is 7.99. The van der Waals surface area contributed by atoms with Crippen molar-refractivity contribution in [2.75, 3.05) is 29.5 Å². The number of hydrogen-bond acceptors (Lipinski definition) is 5. The van der Waals surface area contributed by atoms with E-state index in [1.54, 1.807) is 11.0 Å². The molecule has 0 spiro atoms. The van der Waals surface area contributed by atoms with Crippen molar-refractivity contribution in [3.8, 4) is 0 Å². The molecule has 5 nitrogen and oxygen atoms in total. The number of carbonyl (C=O) groups excluding carboxylic acids is 1. The van der Waals surface area contributed by atoms with Crippen molar-refractivity contribution in [3.63, 3.8) is 0 Å². The van der Waals surface area contributed by atoms with Crippen LogP contribution in [0, 0.1) is 0 Å². The maximum Gasteiger partial charge on any atom is 0.272 e. The van der Waals surface area contributed by atoms with Crippen molar-refractivity contribution in [3.05, 3.63) is 77.0 Å². The highest BCUT2D eigenvalue weighted by Gasteiger charge is 2.42. The fourth-order valence-corrected chi connectivity index (χ4v) is 5.00. The molecular formula is C22H19ClN4OS. The van der Waals surface area contributed by atoms with Crippen LogP contribution in [-0.4, -0.2) is 53.1 Å². The molecule has 1 saturated heterocycles.